The van der Waals surface area contributed by atoms with Crippen molar-refractivity contribution in [3.63, 3.8) is 0 Å². The topological polar surface area (TPSA) is 44.8 Å². The van der Waals surface area contributed by atoms with E-state index >= 15 is 0 Å². The van der Waals surface area contributed by atoms with Crippen LogP contribution in [0.4, 0.5) is 4.79 Å². The predicted molar refractivity (Wildman–Crippen MR) is 87.8 cm³/mol. The molecule has 0 saturated carbocycles. The molecule has 1 aromatic rings. The van der Waals surface area contributed by atoms with E-state index in [1.54, 1.807) is 4.90 Å². The van der Waals surface area contributed by atoms with Gasteiger partial charge in [-0.3, -0.25) is 4.90 Å². The standard InChI is InChI=1S/C17H27N3O2/c1-17(2,20-9-11-22-12-10-20)14-18-16(21)19(3)13-15-7-5-4-6-8-15/h4-8H,9-14H2,1-3H3,(H,18,21). The van der Waals surface area contributed by atoms with E-state index in [4.69, 9.17) is 4.74 Å². The van der Waals surface area contributed by atoms with E-state index in [1.165, 1.54) is 0 Å². The van der Waals surface area contributed by atoms with Gasteiger partial charge >= 0.3 is 6.03 Å². The zero-order chi connectivity index (χ0) is 16.0. The van der Waals surface area contributed by atoms with Crippen molar-refractivity contribution in [2.24, 2.45) is 0 Å². The van der Waals surface area contributed by atoms with Gasteiger partial charge in [-0.15, -0.1) is 0 Å². The number of amides is 2. The molecule has 0 radical (unpaired) electrons. The van der Waals surface area contributed by atoms with Crippen LogP contribution in [-0.4, -0.2) is 61.3 Å². The van der Waals surface area contributed by atoms with E-state index in [2.05, 4.69) is 24.1 Å². The van der Waals surface area contributed by atoms with Crippen LogP contribution in [0.2, 0.25) is 0 Å². The third-order valence-corrected chi connectivity index (χ3v) is 4.15. The van der Waals surface area contributed by atoms with Crippen molar-refractivity contribution in [3.8, 4) is 0 Å². The van der Waals surface area contributed by atoms with Crippen molar-refractivity contribution in [1.82, 2.24) is 15.1 Å². The Labute approximate surface area is 133 Å². The molecule has 0 aliphatic carbocycles. The fourth-order valence-corrected chi connectivity index (χ4v) is 2.64. The third kappa shape index (κ3) is 4.71. The molecule has 5 nitrogen and oxygen atoms in total. The molecule has 1 saturated heterocycles. The second kappa shape index (κ2) is 7.61. The summed E-state index contributed by atoms with van der Waals surface area (Å²) in [6, 6.07) is 9.98. The van der Waals surface area contributed by atoms with E-state index in [0.29, 0.717) is 13.1 Å². The number of ether oxygens (including phenoxy) is 1. The molecule has 2 amide bonds. The number of rotatable bonds is 5. The number of hydrogen-bond donors (Lipinski definition) is 1. The summed E-state index contributed by atoms with van der Waals surface area (Å²) >= 11 is 0. The molecule has 0 bridgehead atoms. The summed E-state index contributed by atoms with van der Waals surface area (Å²) in [6.07, 6.45) is 0. The Hall–Kier alpha value is -1.59. The number of nitrogens with one attached hydrogen (secondary N) is 1. The van der Waals surface area contributed by atoms with Crippen LogP contribution in [0.25, 0.3) is 0 Å². The van der Waals surface area contributed by atoms with Gasteiger partial charge in [0.25, 0.3) is 0 Å². The number of morpholine rings is 1. The van der Waals surface area contributed by atoms with Crippen molar-refractivity contribution in [2.45, 2.75) is 25.9 Å². The van der Waals surface area contributed by atoms with Gasteiger partial charge in [-0.1, -0.05) is 30.3 Å². The largest absolute Gasteiger partial charge is 0.379 e. The van der Waals surface area contributed by atoms with Gasteiger partial charge in [0.15, 0.2) is 0 Å². The molecule has 0 spiro atoms. The quantitative estimate of drug-likeness (QED) is 0.904. The summed E-state index contributed by atoms with van der Waals surface area (Å²) in [4.78, 5) is 16.3. The highest BCUT2D eigenvalue weighted by Crippen LogP contribution is 2.15. The first-order valence-corrected chi connectivity index (χ1v) is 7.85. The maximum absolute atomic E-state index is 12.2. The van der Waals surface area contributed by atoms with Gasteiger partial charge in [-0.05, 0) is 19.4 Å². The maximum atomic E-state index is 12.2. The highest BCUT2D eigenvalue weighted by molar-refractivity contribution is 5.73. The van der Waals surface area contributed by atoms with Gasteiger partial charge in [-0.25, -0.2) is 4.79 Å². The molecule has 1 N–H and O–H groups in total. The van der Waals surface area contributed by atoms with Crippen LogP contribution in [0.15, 0.2) is 30.3 Å². The van der Waals surface area contributed by atoms with Crippen LogP contribution in [0.1, 0.15) is 19.4 Å². The first-order chi connectivity index (χ1) is 10.5. The first kappa shape index (κ1) is 16.8. The molecule has 0 atom stereocenters. The third-order valence-electron chi connectivity index (χ3n) is 4.15. The van der Waals surface area contributed by atoms with Crippen LogP contribution < -0.4 is 5.32 Å². The normalized spacial score (nSPS) is 16.3. The molecular weight excluding hydrogens is 278 g/mol. The second-order valence-corrected chi connectivity index (χ2v) is 6.41. The number of hydrogen-bond acceptors (Lipinski definition) is 3. The molecule has 1 fully saturated rings. The van der Waals surface area contributed by atoms with Crippen LogP contribution >= 0.6 is 0 Å². The molecule has 0 unspecified atom stereocenters. The molecule has 122 valence electrons. The Balaban J connectivity index is 1.80. The Morgan fingerprint density at radius 1 is 1.27 bits per heavy atom. The monoisotopic (exact) mass is 305 g/mol. The molecule has 0 aromatic heterocycles. The fraction of sp³-hybridized carbons (Fsp3) is 0.588. The van der Waals surface area contributed by atoms with Crippen molar-refractivity contribution in [1.29, 1.82) is 0 Å². The lowest BCUT2D eigenvalue weighted by atomic mass is 10.0. The Kier molecular flexibility index (Phi) is 5.80. The van der Waals surface area contributed by atoms with E-state index in [9.17, 15) is 4.79 Å². The summed E-state index contributed by atoms with van der Waals surface area (Å²) in [5.74, 6) is 0. The van der Waals surface area contributed by atoms with Crippen LogP contribution in [-0.2, 0) is 11.3 Å². The molecular formula is C17H27N3O2. The van der Waals surface area contributed by atoms with Crippen molar-refractivity contribution < 1.29 is 9.53 Å². The lowest BCUT2D eigenvalue weighted by molar-refractivity contribution is -0.00900. The Morgan fingerprint density at radius 3 is 2.55 bits per heavy atom. The predicted octanol–water partition coefficient (Wildman–Crippen LogP) is 1.94. The number of carbonyl (C=O) groups excluding carboxylic acids is 1. The summed E-state index contributed by atoms with van der Waals surface area (Å²) < 4.78 is 5.39. The summed E-state index contributed by atoms with van der Waals surface area (Å²) in [6.45, 7) is 8.95. The molecule has 5 heteroatoms. The molecule has 1 aliphatic rings. The first-order valence-electron chi connectivity index (χ1n) is 7.85. The van der Waals surface area contributed by atoms with Gasteiger partial charge < -0.3 is 15.0 Å². The molecule has 22 heavy (non-hydrogen) atoms. The van der Waals surface area contributed by atoms with Gasteiger partial charge in [0.1, 0.15) is 0 Å². The lowest BCUT2D eigenvalue weighted by Crippen LogP contribution is -2.56. The van der Waals surface area contributed by atoms with Gasteiger partial charge in [0.05, 0.1) is 13.2 Å². The van der Waals surface area contributed by atoms with Crippen LogP contribution in [0.3, 0.4) is 0 Å². The molecule has 1 aliphatic heterocycles. The Morgan fingerprint density at radius 2 is 1.91 bits per heavy atom. The fourth-order valence-electron chi connectivity index (χ4n) is 2.64. The molecule has 2 rings (SSSR count). The zero-order valence-corrected chi connectivity index (χ0v) is 13.8. The van der Waals surface area contributed by atoms with E-state index < -0.39 is 0 Å². The smallest absolute Gasteiger partial charge is 0.317 e. The van der Waals surface area contributed by atoms with Crippen LogP contribution in [0.5, 0.6) is 0 Å². The minimum atomic E-state index is -0.0625. The number of carbonyl (C=O) groups is 1. The summed E-state index contributed by atoms with van der Waals surface area (Å²) in [7, 11) is 1.82. The van der Waals surface area contributed by atoms with Crippen LogP contribution in [0, 0.1) is 0 Å². The minimum Gasteiger partial charge on any atom is -0.379 e. The van der Waals surface area contributed by atoms with Gasteiger partial charge in [0, 0.05) is 38.8 Å². The number of nitrogens with zero attached hydrogens (tertiary/aromatic N) is 2. The van der Waals surface area contributed by atoms with E-state index in [1.807, 2.05) is 37.4 Å². The van der Waals surface area contributed by atoms with Crippen molar-refractivity contribution in [2.75, 3.05) is 39.9 Å². The van der Waals surface area contributed by atoms with E-state index in [0.717, 1.165) is 31.9 Å². The average Bonchev–Trinajstić information content (AvgIpc) is 2.54. The summed E-state index contributed by atoms with van der Waals surface area (Å²) in [5.41, 5.74) is 1.07. The highest BCUT2D eigenvalue weighted by Gasteiger charge is 2.28. The molecule has 1 aromatic carbocycles. The zero-order valence-electron chi connectivity index (χ0n) is 13.8. The van der Waals surface area contributed by atoms with E-state index in [-0.39, 0.29) is 11.6 Å². The van der Waals surface area contributed by atoms with Crippen molar-refractivity contribution in [3.05, 3.63) is 35.9 Å². The summed E-state index contributed by atoms with van der Waals surface area (Å²) in [5, 5.41) is 3.04. The SMILES string of the molecule is CN(Cc1ccccc1)C(=O)NCC(C)(C)N1CCOCC1. The second-order valence-electron chi connectivity index (χ2n) is 6.41. The highest BCUT2D eigenvalue weighted by atomic mass is 16.5. The lowest BCUT2D eigenvalue weighted by Gasteiger charge is -2.41. The van der Waals surface area contributed by atoms with Gasteiger partial charge in [-0.2, -0.15) is 0 Å². The maximum Gasteiger partial charge on any atom is 0.317 e. The minimum absolute atomic E-state index is 0.0369. The number of benzene rings is 1. The number of urea groups is 1. The molecule has 1 heterocycles. The average molecular weight is 305 g/mol. The van der Waals surface area contributed by atoms with Crippen molar-refractivity contribution >= 4 is 6.03 Å². The van der Waals surface area contributed by atoms with Gasteiger partial charge in [0.2, 0.25) is 0 Å². The Bertz CT molecular complexity index is 470.